The smallest absolute Gasteiger partial charge is 0.252 e. The van der Waals surface area contributed by atoms with E-state index < -0.39 is 11.8 Å². The summed E-state index contributed by atoms with van der Waals surface area (Å²) in [6, 6.07) is 1.45. The molecule has 0 unspecified atom stereocenters. The summed E-state index contributed by atoms with van der Waals surface area (Å²) >= 11 is 5.94. The number of halogens is 3. The number of carbonyl (C=O) groups is 1. The van der Waals surface area contributed by atoms with Crippen LogP contribution in [0, 0.1) is 6.92 Å². The van der Waals surface area contributed by atoms with Gasteiger partial charge in [0.1, 0.15) is 5.82 Å². The third-order valence-corrected chi connectivity index (χ3v) is 3.80. The van der Waals surface area contributed by atoms with Crippen molar-refractivity contribution in [2.45, 2.75) is 32.1 Å². The molecule has 2 N–H and O–H groups in total. The van der Waals surface area contributed by atoms with Crippen molar-refractivity contribution in [1.29, 1.82) is 0 Å². The van der Waals surface area contributed by atoms with Crippen molar-refractivity contribution in [3.8, 4) is 0 Å². The summed E-state index contributed by atoms with van der Waals surface area (Å²) in [6.45, 7) is 2.26. The van der Waals surface area contributed by atoms with Crippen LogP contribution in [0.4, 0.5) is 14.6 Å². The lowest BCUT2D eigenvalue weighted by Crippen LogP contribution is -2.29. The molecule has 1 fully saturated rings. The molecule has 4 nitrogen and oxygen atoms in total. The standard InChI is InChI=1S/C13H16ClF2N3O/c1-8-10(14)7-9(11(17)20)12(18-8)19-5-2-3-13(15,16)4-6-19/h7H,2-6H2,1H3,(H2,17,20). The van der Waals surface area contributed by atoms with Crippen LogP contribution in [0.3, 0.4) is 0 Å². The highest BCUT2D eigenvalue weighted by molar-refractivity contribution is 6.31. The summed E-state index contributed by atoms with van der Waals surface area (Å²) in [5.74, 6) is -2.98. The highest BCUT2D eigenvalue weighted by Gasteiger charge is 2.33. The maximum Gasteiger partial charge on any atom is 0.252 e. The maximum absolute atomic E-state index is 13.4. The normalized spacial score (nSPS) is 18.7. The number of aromatic nitrogens is 1. The number of rotatable bonds is 2. The molecule has 2 rings (SSSR count). The minimum absolute atomic E-state index is 0.140. The Morgan fingerprint density at radius 3 is 2.80 bits per heavy atom. The molecule has 0 aromatic carbocycles. The molecule has 0 saturated carbocycles. The van der Waals surface area contributed by atoms with Crippen LogP contribution < -0.4 is 10.6 Å². The van der Waals surface area contributed by atoms with Gasteiger partial charge in [0.15, 0.2) is 0 Å². The van der Waals surface area contributed by atoms with Crippen molar-refractivity contribution < 1.29 is 13.6 Å². The van der Waals surface area contributed by atoms with Crippen LogP contribution in [0.1, 0.15) is 35.3 Å². The van der Waals surface area contributed by atoms with Gasteiger partial charge < -0.3 is 10.6 Å². The number of hydrogen-bond donors (Lipinski definition) is 1. The molecule has 1 aromatic heterocycles. The van der Waals surface area contributed by atoms with Crippen LogP contribution in [0.25, 0.3) is 0 Å². The monoisotopic (exact) mass is 303 g/mol. The third kappa shape index (κ3) is 3.17. The molecule has 20 heavy (non-hydrogen) atoms. The summed E-state index contributed by atoms with van der Waals surface area (Å²) in [7, 11) is 0. The summed E-state index contributed by atoms with van der Waals surface area (Å²) in [5, 5.41) is 0.336. The van der Waals surface area contributed by atoms with E-state index in [4.69, 9.17) is 17.3 Å². The van der Waals surface area contributed by atoms with Crippen molar-refractivity contribution in [2.75, 3.05) is 18.0 Å². The van der Waals surface area contributed by atoms with Gasteiger partial charge in [0.2, 0.25) is 5.92 Å². The van der Waals surface area contributed by atoms with Crippen molar-refractivity contribution >= 4 is 23.3 Å². The summed E-state index contributed by atoms with van der Waals surface area (Å²) in [4.78, 5) is 17.4. The Labute approximate surface area is 120 Å². The fraction of sp³-hybridized carbons (Fsp3) is 0.538. The molecule has 1 aliphatic rings. The topological polar surface area (TPSA) is 59.2 Å². The molecule has 7 heteroatoms. The van der Waals surface area contributed by atoms with Gasteiger partial charge in [0.25, 0.3) is 5.91 Å². The first-order valence-electron chi connectivity index (χ1n) is 6.40. The van der Waals surface area contributed by atoms with Crippen LogP contribution in [0.5, 0.6) is 0 Å². The Morgan fingerprint density at radius 1 is 1.45 bits per heavy atom. The Bertz CT molecular complexity index is 537. The van der Waals surface area contributed by atoms with Crippen LogP contribution in [0.15, 0.2) is 6.07 Å². The number of amides is 1. The van der Waals surface area contributed by atoms with Crippen LogP contribution >= 0.6 is 11.6 Å². The van der Waals surface area contributed by atoms with E-state index in [1.165, 1.54) is 6.07 Å². The van der Waals surface area contributed by atoms with Gasteiger partial charge in [0, 0.05) is 25.9 Å². The van der Waals surface area contributed by atoms with Gasteiger partial charge in [-0.05, 0) is 19.4 Å². The summed E-state index contributed by atoms with van der Waals surface area (Å²) in [5.41, 5.74) is 6.04. The molecule has 0 aliphatic carbocycles. The minimum atomic E-state index is -2.66. The molecule has 1 amide bonds. The van der Waals surface area contributed by atoms with Gasteiger partial charge in [-0.25, -0.2) is 13.8 Å². The zero-order chi connectivity index (χ0) is 14.9. The number of nitrogens with two attached hydrogens (primary N) is 1. The second-order valence-electron chi connectivity index (χ2n) is 4.99. The van der Waals surface area contributed by atoms with E-state index in [0.29, 0.717) is 29.5 Å². The average Bonchev–Trinajstić information content (AvgIpc) is 2.53. The quantitative estimate of drug-likeness (QED) is 0.914. The fourth-order valence-electron chi connectivity index (χ4n) is 2.27. The first-order valence-corrected chi connectivity index (χ1v) is 6.78. The highest BCUT2D eigenvalue weighted by Crippen LogP contribution is 2.31. The van der Waals surface area contributed by atoms with E-state index in [1.54, 1.807) is 11.8 Å². The van der Waals surface area contributed by atoms with Crippen molar-refractivity contribution in [2.24, 2.45) is 5.73 Å². The van der Waals surface area contributed by atoms with E-state index in [-0.39, 0.29) is 24.9 Å². The zero-order valence-corrected chi connectivity index (χ0v) is 11.9. The van der Waals surface area contributed by atoms with Gasteiger partial charge in [-0.15, -0.1) is 0 Å². The molecular formula is C13H16ClF2N3O. The second kappa shape index (κ2) is 5.52. The lowest BCUT2D eigenvalue weighted by molar-refractivity contribution is -0.0102. The molecular weight excluding hydrogens is 288 g/mol. The van der Waals surface area contributed by atoms with E-state index in [0.717, 1.165) is 0 Å². The Balaban J connectivity index is 2.36. The molecule has 0 radical (unpaired) electrons. The molecule has 1 aliphatic heterocycles. The number of hydrogen-bond acceptors (Lipinski definition) is 3. The minimum Gasteiger partial charge on any atom is -0.365 e. The first-order chi connectivity index (χ1) is 9.30. The molecule has 0 atom stereocenters. The second-order valence-corrected chi connectivity index (χ2v) is 5.39. The van der Waals surface area contributed by atoms with Crippen LogP contribution in [-0.2, 0) is 0 Å². The van der Waals surface area contributed by atoms with E-state index in [2.05, 4.69) is 4.98 Å². The maximum atomic E-state index is 13.4. The van der Waals surface area contributed by atoms with Gasteiger partial charge in [0.05, 0.1) is 16.3 Å². The molecule has 0 bridgehead atoms. The molecule has 0 spiro atoms. The van der Waals surface area contributed by atoms with Gasteiger partial charge in [-0.1, -0.05) is 11.6 Å². The lowest BCUT2D eigenvalue weighted by atomic mass is 10.1. The highest BCUT2D eigenvalue weighted by atomic mass is 35.5. The predicted octanol–water partition coefficient (Wildman–Crippen LogP) is 2.77. The number of alkyl halides is 2. The fourth-order valence-corrected chi connectivity index (χ4v) is 2.42. The lowest BCUT2D eigenvalue weighted by Gasteiger charge is -2.24. The van der Waals surface area contributed by atoms with Gasteiger partial charge in [-0.3, -0.25) is 4.79 Å². The van der Waals surface area contributed by atoms with Crippen molar-refractivity contribution in [1.82, 2.24) is 4.98 Å². The average molecular weight is 304 g/mol. The number of primary amides is 1. The van der Waals surface area contributed by atoms with E-state index >= 15 is 0 Å². The van der Waals surface area contributed by atoms with E-state index in [1.807, 2.05) is 0 Å². The number of nitrogens with zero attached hydrogens (tertiary/aromatic N) is 2. The number of carbonyl (C=O) groups excluding carboxylic acids is 1. The first kappa shape index (κ1) is 15.0. The summed E-state index contributed by atoms with van der Waals surface area (Å²) < 4.78 is 26.8. The van der Waals surface area contributed by atoms with Crippen molar-refractivity contribution in [3.05, 3.63) is 22.3 Å². The predicted molar refractivity (Wildman–Crippen MR) is 73.5 cm³/mol. The third-order valence-electron chi connectivity index (χ3n) is 3.41. The Hall–Kier alpha value is -1.43. The summed E-state index contributed by atoms with van der Waals surface area (Å²) in [6.07, 6.45) is -0.0644. The molecule has 2 heterocycles. The molecule has 1 aromatic rings. The van der Waals surface area contributed by atoms with Crippen LogP contribution in [-0.4, -0.2) is 29.9 Å². The largest absolute Gasteiger partial charge is 0.365 e. The SMILES string of the molecule is Cc1nc(N2CCCC(F)(F)CC2)c(C(N)=O)cc1Cl. The Morgan fingerprint density at radius 2 is 2.15 bits per heavy atom. The van der Waals surface area contributed by atoms with Crippen molar-refractivity contribution in [3.63, 3.8) is 0 Å². The van der Waals surface area contributed by atoms with Gasteiger partial charge >= 0.3 is 0 Å². The zero-order valence-electron chi connectivity index (χ0n) is 11.1. The number of pyridine rings is 1. The number of anilines is 1. The van der Waals surface area contributed by atoms with Gasteiger partial charge in [-0.2, -0.15) is 0 Å². The molecule has 110 valence electrons. The molecule has 1 saturated heterocycles. The Kier molecular flexibility index (Phi) is 4.13. The number of aryl methyl sites for hydroxylation is 1. The van der Waals surface area contributed by atoms with Crippen LogP contribution in [0.2, 0.25) is 5.02 Å². The van der Waals surface area contributed by atoms with E-state index in [9.17, 15) is 13.6 Å².